The largest absolute Gasteiger partial charge is 0.480 e. The van der Waals surface area contributed by atoms with Crippen LogP contribution in [0.5, 0.6) is 0 Å². The number of aliphatic carboxylic acids is 1. The Morgan fingerprint density at radius 3 is 2.67 bits per heavy atom. The minimum Gasteiger partial charge on any atom is -0.480 e. The first-order valence-corrected chi connectivity index (χ1v) is 5.98. The molecule has 1 amide bonds. The molecule has 1 aromatic heterocycles. The number of aryl methyl sites for hydroxylation is 1. The fourth-order valence-corrected chi connectivity index (χ4v) is 1.59. The molecule has 2 N–H and O–H groups in total. The van der Waals surface area contributed by atoms with Gasteiger partial charge in [0.05, 0.1) is 11.2 Å². The molecular weight excluding hydrogens is 258 g/mol. The summed E-state index contributed by atoms with van der Waals surface area (Å²) >= 11 is 5.68. The van der Waals surface area contributed by atoms with E-state index >= 15 is 0 Å². The lowest BCUT2D eigenvalue weighted by Crippen LogP contribution is -2.44. The second-order valence-electron chi connectivity index (χ2n) is 4.30. The number of rotatable bonds is 6. The molecule has 0 saturated carbocycles. The monoisotopic (exact) mass is 273 g/mol. The van der Waals surface area contributed by atoms with Crippen molar-refractivity contribution in [2.75, 3.05) is 0 Å². The molecule has 6 nitrogen and oxygen atoms in total. The molecule has 1 aromatic rings. The van der Waals surface area contributed by atoms with Crippen molar-refractivity contribution in [1.29, 1.82) is 0 Å². The second kappa shape index (κ2) is 6.39. The average molecular weight is 274 g/mol. The predicted molar refractivity (Wildman–Crippen MR) is 66.3 cm³/mol. The zero-order valence-electron chi connectivity index (χ0n) is 10.3. The molecule has 7 heteroatoms. The molecule has 0 aliphatic carbocycles. The molecular formula is C11H16ClN3O3. The number of hydrogen-bond donors (Lipinski definition) is 2. The van der Waals surface area contributed by atoms with Crippen LogP contribution in [-0.2, 0) is 16.1 Å². The van der Waals surface area contributed by atoms with Crippen LogP contribution in [0.15, 0.2) is 12.4 Å². The molecule has 0 aromatic carbocycles. The third-order valence-corrected chi connectivity index (χ3v) is 2.61. The van der Waals surface area contributed by atoms with Crippen molar-refractivity contribution in [1.82, 2.24) is 15.1 Å². The van der Waals surface area contributed by atoms with Crippen LogP contribution < -0.4 is 5.32 Å². The van der Waals surface area contributed by atoms with E-state index < -0.39 is 12.0 Å². The van der Waals surface area contributed by atoms with Gasteiger partial charge in [0, 0.05) is 19.2 Å². The standard InChI is InChI=1S/C11H16ClN3O3/c1-7(2)10(11(17)18)14-9(16)3-4-15-6-8(12)5-13-15/h5-7,10H,3-4H2,1-2H3,(H,14,16)(H,17,18)/t10-/m0/s1. The molecule has 0 fully saturated rings. The van der Waals surface area contributed by atoms with Gasteiger partial charge in [-0.2, -0.15) is 5.10 Å². The van der Waals surface area contributed by atoms with Crippen molar-refractivity contribution in [3.8, 4) is 0 Å². The van der Waals surface area contributed by atoms with Gasteiger partial charge in [-0.1, -0.05) is 25.4 Å². The summed E-state index contributed by atoms with van der Waals surface area (Å²) in [4.78, 5) is 22.5. The van der Waals surface area contributed by atoms with Crippen LogP contribution in [0, 0.1) is 5.92 Å². The number of halogens is 1. The lowest BCUT2D eigenvalue weighted by Gasteiger charge is -2.17. The predicted octanol–water partition coefficient (Wildman–Crippen LogP) is 1.15. The highest BCUT2D eigenvalue weighted by Gasteiger charge is 2.23. The lowest BCUT2D eigenvalue weighted by molar-refractivity contribution is -0.143. The van der Waals surface area contributed by atoms with Gasteiger partial charge in [-0.15, -0.1) is 0 Å². The first kappa shape index (κ1) is 14.5. The fourth-order valence-electron chi connectivity index (χ4n) is 1.44. The highest BCUT2D eigenvalue weighted by molar-refractivity contribution is 6.30. The van der Waals surface area contributed by atoms with Crippen LogP contribution in [0.1, 0.15) is 20.3 Å². The van der Waals surface area contributed by atoms with Gasteiger partial charge >= 0.3 is 5.97 Å². The number of nitrogens with zero attached hydrogens (tertiary/aromatic N) is 2. The summed E-state index contributed by atoms with van der Waals surface area (Å²) in [6.45, 7) is 3.85. The summed E-state index contributed by atoms with van der Waals surface area (Å²) in [5.74, 6) is -1.51. The minimum atomic E-state index is -1.03. The maximum atomic E-state index is 11.6. The number of nitrogens with one attached hydrogen (secondary N) is 1. The van der Waals surface area contributed by atoms with Crippen molar-refractivity contribution in [2.45, 2.75) is 32.9 Å². The molecule has 1 heterocycles. The first-order valence-electron chi connectivity index (χ1n) is 5.60. The fraction of sp³-hybridized carbons (Fsp3) is 0.545. The SMILES string of the molecule is CC(C)[C@H](NC(=O)CCn1cc(Cl)cn1)C(=O)O. The zero-order valence-corrected chi connectivity index (χ0v) is 11.0. The van der Waals surface area contributed by atoms with Gasteiger partial charge in [-0.05, 0) is 5.92 Å². The van der Waals surface area contributed by atoms with E-state index in [2.05, 4.69) is 10.4 Å². The number of carboxylic acids is 1. The maximum absolute atomic E-state index is 11.6. The maximum Gasteiger partial charge on any atom is 0.326 e. The van der Waals surface area contributed by atoms with E-state index in [9.17, 15) is 9.59 Å². The van der Waals surface area contributed by atoms with Crippen LogP contribution in [-0.4, -0.2) is 32.8 Å². The Morgan fingerprint density at radius 2 is 2.22 bits per heavy atom. The molecule has 0 aliphatic rings. The van der Waals surface area contributed by atoms with Gasteiger partial charge in [0.2, 0.25) is 5.91 Å². The van der Waals surface area contributed by atoms with Crippen LogP contribution >= 0.6 is 11.6 Å². The van der Waals surface area contributed by atoms with Crippen LogP contribution in [0.25, 0.3) is 0 Å². The number of hydrogen-bond acceptors (Lipinski definition) is 3. The first-order chi connectivity index (χ1) is 8.40. The van der Waals surface area contributed by atoms with Crippen molar-refractivity contribution < 1.29 is 14.7 Å². The van der Waals surface area contributed by atoms with Crippen molar-refractivity contribution >= 4 is 23.5 Å². The Hall–Kier alpha value is -1.56. The topological polar surface area (TPSA) is 84.2 Å². The summed E-state index contributed by atoms with van der Waals surface area (Å²) in [6.07, 6.45) is 3.24. The minimum absolute atomic E-state index is 0.161. The molecule has 0 bridgehead atoms. The Morgan fingerprint density at radius 1 is 1.56 bits per heavy atom. The van der Waals surface area contributed by atoms with E-state index in [1.807, 2.05) is 0 Å². The molecule has 0 aliphatic heterocycles. The van der Waals surface area contributed by atoms with E-state index in [0.717, 1.165) is 0 Å². The summed E-state index contributed by atoms with van der Waals surface area (Å²) in [5.41, 5.74) is 0. The molecule has 18 heavy (non-hydrogen) atoms. The smallest absolute Gasteiger partial charge is 0.326 e. The van der Waals surface area contributed by atoms with Gasteiger partial charge in [0.15, 0.2) is 0 Å². The molecule has 1 atom stereocenters. The van der Waals surface area contributed by atoms with E-state index in [1.54, 1.807) is 20.0 Å². The van der Waals surface area contributed by atoms with Crippen molar-refractivity contribution in [3.63, 3.8) is 0 Å². The van der Waals surface area contributed by atoms with Crippen LogP contribution in [0.3, 0.4) is 0 Å². The molecule has 0 radical (unpaired) electrons. The highest BCUT2D eigenvalue weighted by Crippen LogP contribution is 2.06. The van der Waals surface area contributed by atoms with Gasteiger partial charge in [-0.25, -0.2) is 4.79 Å². The second-order valence-corrected chi connectivity index (χ2v) is 4.74. The Kier molecular flexibility index (Phi) is 5.15. The summed E-state index contributed by atoms with van der Waals surface area (Å²) < 4.78 is 1.53. The normalized spacial score (nSPS) is 12.4. The number of carbonyl (C=O) groups is 2. The average Bonchev–Trinajstić information content (AvgIpc) is 2.68. The van der Waals surface area contributed by atoms with E-state index in [1.165, 1.54) is 10.9 Å². The van der Waals surface area contributed by atoms with Gasteiger partial charge in [-0.3, -0.25) is 9.48 Å². The third-order valence-electron chi connectivity index (χ3n) is 2.42. The summed E-state index contributed by atoms with van der Waals surface area (Å²) in [5, 5.41) is 15.8. The number of carboxylic acid groups (broad SMARTS) is 1. The van der Waals surface area contributed by atoms with Gasteiger partial charge < -0.3 is 10.4 Å². The number of amides is 1. The van der Waals surface area contributed by atoms with Crippen LogP contribution in [0.4, 0.5) is 0 Å². The van der Waals surface area contributed by atoms with Gasteiger partial charge in [0.25, 0.3) is 0 Å². The van der Waals surface area contributed by atoms with Gasteiger partial charge in [0.1, 0.15) is 6.04 Å². The van der Waals surface area contributed by atoms with Crippen LogP contribution in [0.2, 0.25) is 5.02 Å². The molecule has 100 valence electrons. The Labute approximate surface area is 110 Å². The molecule has 1 rings (SSSR count). The van der Waals surface area contributed by atoms with E-state index in [4.69, 9.17) is 16.7 Å². The molecule has 0 saturated heterocycles. The number of carbonyl (C=O) groups excluding carboxylic acids is 1. The highest BCUT2D eigenvalue weighted by atomic mass is 35.5. The number of aromatic nitrogens is 2. The quantitative estimate of drug-likeness (QED) is 0.814. The van der Waals surface area contributed by atoms with Crippen molar-refractivity contribution in [3.05, 3.63) is 17.4 Å². The Balaban J connectivity index is 2.43. The summed E-state index contributed by atoms with van der Waals surface area (Å²) in [6, 6.07) is -0.862. The third kappa shape index (κ3) is 4.37. The Bertz CT molecular complexity index is 431. The molecule has 0 spiro atoms. The zero-order chi connectivity index (χ0) is 13.7. The van der Waals surface area contributed by atoms with Crippen molar-refractivity contribution in [2.24, 2.45) is 5.92 Å². The molecule has 0 unspecified atom stereocenters. The lowest BCUT2D eigenvalue weighted by atomic mass is 10.0. The summed E-state index contributed by atoms with van der Waals surface area (Å²) in [7, 11) is 0. The van der Waals surface area contributed by atoms with E-state index in [-0.39, 0.29) is 18.2 Å². The van der Waals surface area contributed by atoms with E-state index in [0.29, 0.717) is 11.6 Å².